The fourth-order valence-corrected chi connectivity index (χ4v) is 7.12. The monoisotopic (exact) mass is 594 g/mol. The molecule has 43 heavy (non-hydrogen) atoms. The highest BCUT2D eigenvalue weighted by molar-refractivity contribution is 5.99. The van der Waals surface area contributed by atoms with Gasteiger partial charge in [0.15, 0.2) is 0 Å². The average molecular weight is 595 g/mol. The molecule has 1 spiro atoms. The highest BCUT2D eigenvalue weighted by Gasteiger charge is 2.47. The van der Waals surface area contributed by atoms with Crippen molar-refractivity contribution in [1.29, 1.82) is 0 Å². The number of aromatic nitrogens is 2. The van der Waals surface area contributed by atoms with E-state index in [9.17, 15) is 9.18 Å². The molecule has 4 aliphatic rings. The van der Waals surface area contributed by atoms with Crippen LogP contribution in [0.25, 0.3) is 10.9 Å². The number of morpholine rings is 1. The predicted molar refractivity (Wildman–Crippen MR) is 159 cm³/mol. The van der Waals surface area contributed by atoms with Crippen molar-refractivity contribution in [3.05, 3.63) is 47.3 Å². The molecule has 12 heteroatoms. The van der Waals surface area contributed by atoms with Crippen molar-refractivity contribution in [3.63, 3.8) is 0 Å². The van der Waals surface area contributed by atoms with Crippen LogP contribution < -0.4 is 14.7 Å². The summed E-state index contributed by atoms with van der Waals surface area (Å²) >= 11 is 0. The van der Waals surface area contributed by atoms with Crippen LogP contribution in [0.2, 0.25) is 0 Å². The van der Waals surface area contributed by atoms with E-state index >= 15 is 4.39 Å². The highest BCUT2D eigenvalue weighted by Crippen LogP contribution is 2.52. The maximum absolute atomic E-state index is 15.8. The second-order valence-corrected chi connectivity index (χ2v) is 11.8. The van der Waals surface area contributed by atoms with E-state index in [4.69, 9.17) is 24.2 Å². The van der Waals surface area contributed by atoms with E-state index < -0.39 is 11.6 Å². The maximum atomic E-state index is 15.8. The van der Waals surface area contributed by atoms with Crippen molar-refractivity contribution in [2.75, 3.05) is 94.1 Å². The Morgan fingerprint density at radius 3 is 2.40 bits per heavy atom. The van der Waals surface area contributed by atoms with Gasteiger partial charge in [0.25, 0.3) is 0 Å². The van der Waals surface area contributed by atoms with Gasteiger partial charge in [-0.1, -0.05) is 0 Å². The minimum Gasteiger partial charge on any atom is -0.453 e. The van der Waals surface area contributed by atoms with E-state index in [1.165, 1.54) is 13.2 Å². The summed E-state index contributed by atoms with van der Waals surface area (Å²) in [5.74, 6) is -0.661. The molecule has 7 rings (SSSR count). The lowest BCUT2D eigenvalue weighted by Crippen LogP contribution is -2.49. The molecule has 3 fully saturated rings. The van der Waals surface area contributed by atoms with Gasteiger partial charge < -0.3 is 33.8 Å². The summed E-state index contributed by atoms with van der Waals surface area (Å²) in [7, 11) is 1.37. The van der Waals surface area contributed by atoms with Crippen molar-refractivity contribution in [2.45, 2.75) is 25.2 Å². The number of rotatable bonds is 3. The SMILES string of the molecule is COC(=O)N1CCN(c2nc3cc(F)cc(F)c3c(N3CC4(CCOCC4)c4ncc(N5CCOCC5)cc43)c2C)CC1. The number of hydrogen-bond acceptors (Lipinski definition) is 9. The molecule has 3 aromatic rings. The Balaban J connectivity index is 1.38. The quantitative estimate of drug-likeness (QED) is 0.444. The average Bonchev–Trinajstić information content (AvgIpc) is 3.33. The third-order valence-electron chi connectivity index (χ3n) is 9.40. The van der Waals surface area contributed by atoms with Crippen LogP contribution in [0.1, 0.15) is 24.1 Å². The molecule has 3 saturated heterocycles. The van der Waals surface area contributed by atoms with Gasteiger partial charge in [-0.3, -0.25) is 4.98 Å². The Hall–Kier alpha value is -3.77. The number of carbonyl (C=O) groups is 1. The smallest absolute Gasteiger partial charge is 0.409 e. The Kier molecular flexibility index (Phi) is 7.21. The zero-order valence-electron chi connectivity index (χ0n) is 24.6. The molecule has 0 radical (unpaired) electrons. The van der Waals surface area contributed by atoms with Gasteiger partial charge in [0.05, 0.1) is 60.2 Å². The topological polar surface area (TPSA) is 83.5 Å². The van der Waals surface area contributed by atoms with Crippen LogP contribution in [-0.2, 0) is 19.6 Å². The lowest BCUT2D eigenvalue weighted by atomic mass is 9.78. The first-order valence-electron chi connectivity index (χ1n) is 14.9. The van der Waals surface area contributed by atoms with Gasteiger partial charge in [-0.25, -0.2) is 18.6 Å². The van der Waals surface area contributed by atoms with Gasteiger partial charge in [0.1, 0.15) is 17.5 Å². The van der Waals surface area contributed by atoms with Crippen molar-refractivity contribution < 1.29 is 27.8 Å². The predicted octanol–water partition coefficient (Wildman–Crippen LogP) is 4.14. The molecular formula is C31H36F2N6O4. The van der Waals surface area contributed by atoms with Crippen molar-refractivity contribution >= 4 is 39.9 Å². The van der Waals surface area contributed by atoms with E-state index in [1.807, 2.05) is 13.1 Å². The van der Waals surface area contributed by atoms with Gasteiger partial charge >= 0.3 is 6.09 Å². The number of ether oxygens (including phenoxy) is 3. The van der Waals surface area contributed by atoms with Gasteiger partial charge in [0, 0.05) is 82.1 Å². The Labute approximate surface area is 249 Å². The number of halogens is 2. The maximum Gasteiger partial charge on any atom is 0.409 e. The third kappa shape index (κ3) is 4.80. The normalized spacial score (nSPS) is 20.2. The first kappa shape index (κ1) is 28.0. The number of amides is 1. The van der Waals surface area contributed by atoms with Crippen LogP contribution in [-0.4, -0.2) is 100 Å². The molecule has 0 bridgehead atoms. The number of piperazine rings is 1. The standard InChI is InChI=1S/C31H36F2N6O4/c1-20-27(26-23(33)15-21(32)16-24(26)35-29(20)37-5-7-38(8-6-37)30(40)41-2)39-19-31(3-11-42-12-4-31)28-25(39)17-22(18-34-28)36-9-13-43-14-10-36/h15-18H,3-14,19H2,1-2H3. The minimum absolute atomic E-state index is 0.248. The molecule has 6 heterocycles. The first-order chi connectivity index (χ1) is 20.9. The third-order valence-corrected chi connectivity index (χ3v) is 9.40. The fraction of sp³-hybridized carbons (Fsp3) is 0.516. The summed E-state index contributed by atoms with van der Waals surface area (Å²) in [5, 5.41) is 0.294. The Morgan fingerprint density at radius 1 is 0.953 bits per heavy atom. The number of methoxy groups -OCH3 is 1. The van der Waals surface area contributed by atoms with E-state index in [-0.39, 0.29) is 17.0 Å². The molecular weight excluding hydrogens is 558 g/mol. The first-order valence-corrected chi connectivity index (χ1v) is 14.9. The van der Waals surface area contributed by atoms with Gasteiger partial charge in [-0.15, -0.1) is 0 Å². The van der Waals surface area contributed by atoms with Crippen molar-refractivity contribution in [1.82, 2.24) is 14.9 Å². The largest absolute Gasteiger partial charge is 0.453 e. The molecule has 1 amide bonds. The van der Waals surface area contributed by atoms with Crippen LogP contribution >= 0.6 is 0 Å². The summed E-state index contributed by atoms with van der Waals surface area (Å²) in [6, 6.07) is 4.41. The van der Waals surface area contributed by atoms with E-state index in [1.54, 1.807) is 4.90 Å². The van der Waals surface area contributed by atoms with Gasteiger partial charge in [0.2, 0.25) is 0 Å². The fourth-order valence-electron chi connectivity index (χ4n) is 7.12. The second kappa shape index (κ2) is 11.1. The van der Waals surface area contributed by atoms with E-state index in [2.05, 4.69) is 20.8 Å². The lowest BCUT2D eigenvalue weighted by molar-refractivity contribution is 0.0545. The van der Waals surface area contributed by atoms with Crippen LogP contribution in [0.15, 0.2) is 24.4 Å². The highest BCUT2D eigenvalue weighted by atomic mass is 19.1. The molecule has 0 aliphatic carbocycles. The molecule has 1 aromatic carbocycles. The van der Waals surface area contributed by atoms with Crippen molar-refractivity contribution in [2.24, 2.45) is 0 Å². The van der Waals surface area contributed by atoms with Crippen LogP contribution in [0.5, 0.6) is 0 Å². The lowest BCUT2D eigenvalue weighted by Gasteiger charge is -2.37. The molecule has 0 unspecified atom stereocenters. The van der Waals surface area contributed by atoms with E-state index in [0.717, 1.165) is 54.6 Å². The minimum atomic E-state index is -0.673. The summed E-state index contributed by atoms with van der Waals surface area (Å²) in [6.45, 7) is 8.63. The molecule has 0 atom stereocenters. The van der Waals surface area contributed by atoms with Gasteiger partial charge in [-0.2, -0.15) is 0 Å². The molecule has 10 nitrogen and oxygen atoms in total. The number of carbonyl (C=O) groups excluding carboxylic acids is 1. The zero-order valence-corrected chi connectivity index (χ0v) is 24.6. The van der Waals surface area contributed by atoms with Crippen LogP contribution in [0, 0.1) is 18.6 Å². The number of benzene rings is 1. The summed E-state index contributed by atoms with van der Waals surface area (Å²) < 4.78 is 46.7. The summed E-state index contributed by atoms with van der Waals surface area (Å²) in [5.41, 5.74) is 4.42. The molecule has 228 valence electrons. The number of anilines is 4. The number of nitrogens with zero attached hydrogens (tertiary/aromatic N) is 6. The Bertz CT molecular complexity index is 1550. The summed E-state index contributed by atoms with van der Waals surface area (Å²) in [6.07, 6.45) is 3.20. The van der Waals surface area contributed by atoms with Crippen LogP contribution in [0.4, 0.5) is 36.5 Å². The molecule has 0 saturated carbocycles. The Morgan fingerprint density at radius 2 is 1.67 bits per heavy atom. The number of hydrogen-bond donors (Lipinski definition) is 0. The molecule has 0 N–H and O–H groups in total. The number of fused-ring (bicyclic) bond motifs is 3. The van der Waals surface area contributed by atoms with Crippen LogP contribution in [0.3, 0.4) is 0 Å². The van der Waals surface area contributed by atoms with E-state index in [0.29, 0.717) is 76.0 Å². The second-order valence-electron chi connectivity index (χ2n) is 11.8. The zero-order chi connectivity index (χ0) is 29.7. The van der Waals surface area contributed by atoms with Gasteiger partial charge in [-0.05, 0) is 25.8 Å². The number of pyridine rings is 2. The molecule has 4 aliphatic heterocycles. The molecule has 2 aromatic heterocycles. The summed E-state index contributed by atoms with van der Waals surface area (Å²) in [4.78, 5) is 30.2. The van der Waals surface area contributed by atoms with Crippen molar-refractivity contribution in [3.8, 4) is 0 Å².